The molecule has 174 valence electrons. The zero-order chi connectivity index (χ0) is 24.1. The maximum absolute atomic E-state index is 13.5. The van der Waals surface area contributed by atoms with Gasteiger partial charge in [0.2, 0.25) is 5.88 Å². The van der Waals surface area contributed by atoms with Crippen LogP contribution in [0.25, 0.3) is 0 Å². The van der Waals surface area contributed by atoms with Gasteiger partial charge in [0, 0.05) is 24.4 Å². The number of carbonyl (C=O) groups is 1. The second-order valence-corrected chi connectivity index (χ2v) is 7.94. The number of carboxylic acid groups (broad SMARTS) is 1. The number of hydrogen-bond acceptors (Lipinski definition) is 4. The molecule has 4 rings (SSSR count). The number of aromatic amines is 1. The Morgan fingerprint density at radius 1 is 1.00 bits per heavy atom. The molecule has 1 unspecified atom stereocenters. The Hall–Kier alpha value is -4.07. The Kier molecular flexibility index (Phi) is 6.96. The third-order valence-electron chi connectivity index (χ3n) is 5.42. The summed E-state index contributed by atoms with van der Waals surface area (Å²) in [4.78, 5) is 23.5. The minimum Gasteiger partial charge on any atom is -0.477 e. The standard InChI is InChI=1S/C26H23F2N3O3/c1-16-29-15-22(30-16)14-23(18-6-11-21(28)12-7-18)34-24-13-8-19(25(31-24)26(32)33)5-2-17-3-9-20(27)10-4-17/h3-4,6-13,15,23H,2,5,14H2,1H3,(H,29,30)(H,32,33). The van der Waals surface area contributed by atoms with Gasteiger partial charge in [0.05, 0.1) is 0 Å². The van der Waals surface area contributed by atoms with Crippen LogP contribution in [0.3, 0.4) is 0 Å². The molecular formula is C26H23F2N3O3. The van der Waals surface area contributed by atoms with Crippen LogP contribution in [0.15, 0.2) is 66.9 Å². The molecule has 6 nitrogen and oxygen atoms in total. The van der Waals surface area contributed by atoms with Gasteiger partial charge in [-0.25, -0.2) is 23.5 Å². The molecule has 0 radical (unpaired) electrons. The van der Waals surface area contributed by atoms with Crippen molar-refractivity contribution in [2.75, 3.05) is 0 Å². The van der Waals surface area contributed by atoms with Crippen LogP contribution in [0.2, 0.25) is 0 Å². The summed E-state index contributed by atoms with van der Waals surface area (Å²) in [6.45, 7) is 1.84. The smallest absolute Gasteiger partial charge is 0.354 e. The van der Waals surface area contributed by atoms with E-state index in [9.17, 15) is 18.7 Å². The van der Waals surface area contributed by atoms with Gasteiger partial charge in [-0.05, 0) is 60.7 Å². The Labute approximate surface area is 195 Å². The van der Waals surface area contributed by atoms with Crippen molar-refractivity contribution >= 4 is 5.97 Å². The zero-order valence-electron chi connectivity index (χ0n) is 18.5. The predicted octanol–water partition coefficient (Wildman–Crippen LogP) is 5.24. The number of pyridine rings is 1. The number of carboxylic acids is 1. The van der Waals surface area contributed by atoms with Gasteiger partial charge in [-0.3, -0.25) is 0 Å². The predicted molar refractivity (Wildman–Crippen MR) is 122 cm³/mol. The molecule has 0 aliphatic carbocycles. The van der Waals surface area contributed by atoms with Crippen LogP contribution in [-0.4, -0.2) is 26.0 Å². The molecule has 0 aliphatic rings. The maximum atomic E-state index is 13.5. The van der Waals surface area contributed by atoms with Crippen LogP contribution in [0.5, 0.6) is 5.88 Å². The highest BCUT2D eigenvalue weighted by atomic mass is 19.1. The molecule has 0 amide bonds. The van der Waals surface area contributed by atoms with Crippen LogP contribution in [0.1, 0.15) is 44.8 Å². The number of H-pyrrole nitrogens is 1. The lowest BCUT2D eigenvalue weighted by Gasteiger charge is -2.19. The lowest BCUT2D eigenvalue weighted by Crippen LogP contribution is -2.14. The van der Waals surface area contributed by atoms with Crippen molar-refractivity contribution in [3.63, 3.8) is 0 Å². The molecule has 0 saturated heterocycles. The molecule has 34 heavy (non-hydrogen) atoms. The van der Waals surface area contributed by atoms with E-state index in [0.717, 1.165) is 17.1 Å². The van der Waals surface area contributed by atoms with Crippen LogP contribution < -0.4 is 4.74 Å². The van der Waals surface area contributed by atoms with Crippen molar-refractivity contribution in [2.45, 2.75) is 32.3 Å². The van der Waals surface area contributed by atoms with E-state index < -0.39 is 12.1 Å². The molecule has 2 heterocycles. The largest absolute Gasteiger partial charge is 0.477 e. The van der Waals surface area contributed by atoms with Crippen molar-refractivity contribution in [3.8, 4) is 5.88 Å². The van der Waals surface area contributed by atoms with Crippen molar-refractivity contribution < 1.29 is 23.4 Å². The van der Waals surface area contributed by atoms with Crippen molar-refractivity contribution in [2.24, 2.45) is 0 Å². The summed E-state index contributed by atoms with van der Waals surface area (Å²) in [5.74, 6) is -0.948. The number of aryl methyl sites for hydroxylation is 3. The Balaban J connectivity index is 1.56. The van der Waals surface area contributed by atoms with E-state index in [0.29, 0.717) is 30.4 Å². The van der Waals surface area contributed by atoms with Crippen LogP contribution in [0.4, 0.5) is 8.78 Å². The van der Waals surface area contributed by atoms with Gasteiger partial charge >= 0.3 is 5.97 Å². The highest BCUT2D eigenvalue weighted by Gasteiger charge is 2.19. The third kappa shape index (κ3) is 5.83. The number of nitrogens with one attached hydrogen (secondary N) is 1. The van der Waals surface area contributed by atoms with Crippen LogP contribution >= 0.6 is 0 Å². The highest BCUT2D eigenvalue weighted by Crippen LogP contribution is 2.26. The first-order chi connectivity index (χ1) is 16.4. The van der Waals surface area contributed by atoms with Crippen molar-refractivity contribution in [1.82, 2.24) is 15.0 Å². The fraction of sp³-hybridized carbons (Fsp3) is 0.192. The summed E-state index contributed by atoms with van der Waals surface area (Å²) in [5.41, 5.74) is 2.87. The molecular weight excluding hydrogens is 440 g/mol. The summed E-state index contributed by atoms with van der Waals surface area (Å²) >= 11 is 0. The molecule has 2 aromatic carbocycles. The molecule has 0 bridgehead atoms. The summed E-state index contributed by atoms with van der Waals surface area (Å²) in [5, 5.41) is 9.72. The number of aromatic nitrogens is 3. The monoisotopic (exact) mass is 463 g/mol. The number of aromatic carboxylic acids is 1. The van der Waals surface area contributed by atoms with E-state index in [2.05, 4.69) is 15.0 Å². The number of nitrogens with zero attached hydrogens (tertiary/aromatic N) is 2. The Morgan fingerprint density at radius 3 is 2.29 bits per heavy atom. The molecule has 0 fully saturated rings. The van der Waals surface area contributed by atoms with E-state index in [-0.39, 0.29) is 23.2 Å². The van der Waals surface area contributed by atoms with E-state index in [1.165, 1.54) is 24.3 Å². The molecule has 4 aromatic rings. The van der Waals surface area contributed by atoms with Gasteiger partial charge in [-0.2, -0.15) is 0 Å². The summed E-state index contributed by atoms with van der Waals surface area (Å²) in [6.07, 6.45) is 2.53. The lowest BCUT2D eigenvalue weighted by molar-refractivity contribution is 0.0686. The Morgan fingerprint density at radius 2 is 1.68 bits per heavy atom. The first-order valence-corrected chi connectivity index (χ1v) is 10.8. The lowest BCUT2D eigenvalue weighted by atomic mass is 10.0. The maximum Gasteiger partial charge on any atom is 0.354 e. The van der Waals surface area contributed by atoms with Crippen LogP contribution in [0, 0.1) is 18.6 Å². The van der Waals surface area contributed by atoms with Gasteiger partial charge in [0.25, 0.3) is 0 Å². The van der Waals surface area contributed by atoms with E-state index in [1.807, 2.05) is 6.92 Å². The average molecular weight is 463 g/mol. The summed E-state index contributed by atoms with van der Waals surface area (Å²) in [7, 11) is 0. The number of rotatable bonds is 9. The van der Waals surface area contributed by atoms with Gasteiger partial charge in [0.1, 0.15) is 23.6 Å². The normalized spacial score (nSPS) is 11.9. The van der Waals surface area contributed by atoms with Gasteiger partial charge in [-0.1, -0.05) is 30.3 Å². The van der Waals surface area contributed by atoms with E-state index in [1.54, 1.807) is 42.6 Å². The third-order valence-corrected chi connectivity index (χ3v) is 5.42. The fourth-order valence-corrected chi connectivity index (χ4v) is 3.68. The number of halogens is 2. The van der Waals surface area contributed by atoms with E-state index in [4.69, 9.17) is 4.74 Å². The van der Waals surface area contributed by atoms with Crippen molar-refractivity contribution in [3.05, 3.63) is 112 Å². The summed E-state index contributed by atoms with van der Waals surface area (Å²) in [6, 6.07) is 15.3. The molecule has 2 N–H and O–H groups in total. The first-order valence-electron chi connectivity index (χ1n) is 10.8. The number of ether oxygens (including phenoxy) is 1. The molecule has 8 heteroatoms. The Bertz CT molecular complexity index is 1270. The highest BCUT2D eigenvalue weighted by molar-refractivity contribution is 5.87. The topological polar surface area (TPSA) is 88.1 Å². The number of imidazole rings is 1. The molecule has 2 aromatic heterocycles. The van der Waals surface area contributed by atoms with Gasteiger partial charge in [-0.15, -0.1) is 0 Å². The second kappa shape index (κ2) is 10.2. The number of hydrogen-bond donors (Lipinski definition) is 2. The quantitative estimate of drug-likeness (QED) is 0.355. The summed E-state index contributed by atoms with van der Waals surface area (Å²) < 4.78 is 32.7. The first kappa shape index (κ1) is 23.1. The molecule has 1 atom stereocenters. The molecule has 0 saturated carbocycles. The minimum absolute atomic E-state index is 0.102. The molecule has 0 spiro atoms. The van der Waals surface area contributed by atoms with Gasteiger partial charge in [0.15, 0.2) is 5.69 Å². The van der Waals surface area contributed by atoms with Crippen molar-refractivity contribution in [1.29, 1.82) is 0 Å². The minimum atomic E-state index is -1.16. The average Bonchev–Trinajstić information content (AvgIpc) is 3.23. The SMILES string of the molecule is Cc1ncc(CC(Oc2ccc(CCc3ccc(F)cc3)c(C(=O)O)n2)c2ccc(F)cc2)[nH]1. The molecule has 0 aliphatic heterocycles. The van der Waals surface area contributed by atoms with E-state index >= 15 is 0 Å². The second-order valence-electron chi connectivity index (χ2n) is 7.94. The van der Waals surface area contributed by atoms with Gasteiger partial charge < -0.3 is 14.8 Å². The fourth-order valence-electron chi connectivity index (χ4n) is 3.68. The zero-order valence-corrected chi connectivity index (χ0v) is 18.5. The number of benzene rings is 2. The van der Waals surface area contributed by atoms with Crippen LogP contribution in [-0.2, 0) is 19.3 Å².